The number of para-hydroxylation sites is 1. The van der Waals surface area contributed by atoms with E-state index in [1.165, 1.54) is 19.3 Å². The zero-order valence-corrected chi connectivity index (χ0v) is 15.2. The molecule has 0 saturated carbocycles. The van der Waals surface area contributed by atoms with E-state index in [1.807, 2.05) is 32.0 Å². The first-order chi connectivity index (χ1) is 12.1. The lowest BCUT2D eigenvalue weighted by Crippen LogP contribution is -2.39. The molecule has 1 saturated heterocycles. The van der Waals surface area contributed by atoms with E-state index in [1.54, 1.807) is 12.4 Å². The molecule has 1 unspecified atom stereocenters. The molecule has 1 N–H and O–H groups in total. The molecule has 1 aromatic carbocycles. The van der Waals surface area contributed by atoms with E-state index in [0.29, 0.717) is 11.7 Å². The molecule has 1 aliphatic heterocycles. The molecule has 25 heavy (non-hydrogen) atoms. The van der Waals surface area contributed by atoms with Gasteiger partial charge in [-0.05, 0) is 50.7 Å². The molecular formula is C20H26N4O. The smallest absolute Gasteiger partial charge is 0.275 e. The second-order valence-corrected chi connectivity index (χ2v) is 6.73. The highest BCUT2D eigenvalue weighted by Crippen LogP contribution is 2.24. The van der Waals surface area contributed by atoms with Crippen molar-refractivity contribution >= 4 is 17.4 Å². The van der Waals surface area contributed by atoms with Crippen LogP contribution in [0.25, 0.3) is 0 Å². The molecule has 0 spiro atoms. The van der Waals surface area contributed by atoms with E-state index < -0.39 is 0 Å². The van der Waals surface area contributed by atoms with E-state index in [9.17, 15) is 4.79 Å². The predicted molar refractivity (Wildman–Crippen MR) is 101 cm³/mol. The van der Waals surface area contributed by atoms with Gasteiger partial charge in [-0.25, -0.2) is 9.97 Å². The Morgan fingerprint density at radius 1 is 1.20 bits per heavy atom. The summed E-state index contributed by atoms with van der Waals surface area (Å²) in [5, 5.41) is 2.96. The summed E-state index contributed by atoms with van der Waals surface area (Å²) in [6, 6.07) is 6.48. The molecule has 1 atom stereocenters. The van der Waals surface area contributed by atoms with Crippen LogP contribution in [0, 0.1) is 13.8 Å². The second-order valence-electron chi connectivity index (χ2n) is 6.73. The van der Waals surface area contributed by atoms with Gasteiger partial charge in [0.25, 0.3) is 5.91 Å². The van der Waals surface area contributed by atoms with Crippen LogP contribution < -0.4 is 10.2 Å². The van der Waals surface area contributed by atoms with Crippen LogP contribution in [0.5, 0.6) is 0 Å². The van der Waals surface area contributed by atoms with Crippen LogP contribution in [0.3, 0.4) is 0 Å². The molecule has 0 aliphatic carbocycles. The predicted octanol–water partition coefficient (Wildman–Crippen LogP) is 4.11. The van der Waals surface area contributed by atoms with E-state index in [4.69, 9.17) is 0 Å². The van der Waals surface area contributed by atoms with Gasteiger partial charge >= 0.3 is 0 Å². The molecule has 1 amide bonds. The van der Waals surface area contributed by atoms with Crippen molar-refractivity contribution in [2.24, 2.45) is 0 Å². The Labute approximate surface area is 149 Å². The maximum absolute atomic E-state index is 12.5. The van der Waals surface area contributed by atoms with E-state index >= 15 is 0 Å². The van der Waals surface area contributed by atoms with Crippen molar-refractivity contribution in [3.05, 3.63) is 47.4 Å². The fraction of sp³-hybridized carbons (Fsp3) is 0.450. The summed E-state index contributed by atoms with van der Waals surface area (Å²) < 4.78 is 0. The summed E-state index contributed by atoms with van der Waals surface area (Å²) in [5.74, 6) is 0.650. The minimum absolute atomic E-state index is 0.220. The molecule has 2 aromatic rings. The minimum atomic E-state index is -0.220. The van der Waals surface area contributed by atoms with Gasteiger partial charge < -0.3 is 10.2 Å². The van der Waals surface area contributed by atoms with Crippen molar-refractivity contribution in [2.75, 3.05) is 16.8 Å². The SMILES string of the molecule is CCC1CCCCN1c1cnc(C(=O)Nc2c(C)cccc2C)cn1. The number of carbonyl (C=O) groups excluding carboxylic acids is 1. The van der Waals surface area contributed by atoms with E-state index in [-0.39, 0.29) is 5.91 Å². The standard InChI is InChI=1S/C20H26N4O/c1-4-16-10-5-6-11-24(16)18-13-21-17(12-22-18)20(25)23-19-14(2)8-7-9-15(19)3/h7-9,12-13,16H,4-6,10-11H2,1-3H3,(H,23,25). The van der Waals surface area contributed by atoms with Gasteiger partial charge in [0.05, 0.1) is 12.4 Å². The third-order valence-electron chi connectivity index (χ3n) is 4.98. The van der Waals surface area contributed by atoms with Gasteiger partial charge in [-0.2, -0.15) is 0 Å². The summed E-state index contributed by atoms with van der Waals surface area (Å²) in [5.41, 5.74) is 3.27. The highest BCUT2D eigenvalue weighted by atomic mass is 16.1. The number of benzene rings is 1. The molecule has 0 radical (unpaired) electrons. The molecule has 3 rings (SSSR count). The van der Waals surface area contributed by atoms with Crippen LogP contribution in [0.4, 0.5) is 11.5 Å². The highest BCUT2D eigenvalue weighted by Gasteiger charge is 2.22. The number of amides is 1. The van der Waals surface area contributed by atoms with Crippen LogP contribution in [0.1, 0.15) is 54.2 Å². The first kappa shape index (κ1) is 17.4. The van der Waals surface area contributed by atoms with Gasteiger partial charge in [-0.15, -0.1) is 0 Å². The summed E-state index contributed by atoms with van der Waals surface area (Å²) in [4.78, 5) is 23.7. The summed E-state index contributed by atoms with van der Waals surface area (Å²) in [7, 11) is 0. The molecule has 5 heteroatoms. The second kappa shape index (κ2) is 7.64. The Balaban J connectivity index is 1.74. The van der Waals surface area contributed by atoms with Crippen LogP contribution in [-0.4, -0.2) is 28.5 Å². The van der Waals surface area contributed by atoms with Crippen LogP contribution >= 0.6 is 0 Å². The normalized spacial score (nSPS) is 17.4. The zero-order chi connectivity index (χ0) is 17.8. The lowest BCUT2D eigenvalue weighted by atomic mass is 10.0. The summed E-state index contributed by atoms with van der Waals surface area (Å²) in [6.07, 6.45) is 8.09. The highest BCUT2D eigenvalue weighted by molar-refractivity contribution is 6.03. The van der Waals surface area contributed by atoms with Crippen molar-refractivity contribution < 1.29 is 4.79 Å². The van der Waals surface area contributed by atoms with Gasteiger partial charge in [-0.3, -0.25) is 4.79 Å². The monoisotopic (exact) mass is 338 g/mol. The first-order valence-electron chi connectivity index (χ1n) is 9.06. The molecule has 132 valence electrons. The number of aryl methyl sites for hydroxylation is 2. The number of aromatic nitrogens is 2. The molecule has 1 aliphatic rings. The molecule has 0 bridgehead atoms. The molecular weight excluding hydrogens is 312 g/mol. The first-order valence-corrected chi connectivity index (χ1v) is 9.06. The topological polar surface area (TPSA) is 58.1 Å². The lowest BCUT2D eigenvalue weighted by Gasteiger charge is -2.35. The van der Waals surface area contributed by atoms with Gasteiger partial charge in [0.1, 0.15) is 11.5 Å². The van der Waals surface area contributed by atoms with Crippen LogP contribution in [0.15, 0.2) is 30.6 Å². The maximum atomic E-state index is 12.5. The van der Waals surface area contributed by atoms with Gasteiger partial charge in [0, 0.05) is 18.3 Å². The maximum Gasteiger partial charge on any atom is 0.275 e. The molecule has 5 nitrogen and oxygen atoms in total. The average molecular weight is 338 g/mol. The fourth-order valence-corrected chi connectivity index (χ4v) is 3.50. The van der Waals surface area contributed by atoms with E-state index in [0.717, 1.165) is 35.6 Å². The van der Waals surface area contributed by atoms with Crippen molar-refractivity contribution in [3.63, 3.8) is 0 Å². The lowest BCUT2D eigenvalue weighted by molar-refractivity contribution is 0.102. The van der Waals surface area contributed by atoms with Gasteiger partial charge in [0.15, 0.2) is 0 Å². The Morgan fingerprint density at radius 3 is 2.60 bits per heavy atom. The third-order valence-corrected chi connectivity index (χ3v) is 4.98. The number of piperidine rings is 1. The average Bonchev–Trinajstić information content (AvgIpc) is 2.65. The molecule has 1 aromatic heterocycles. The van der Waals surface area contributed by atoms with Crippen LogP contribution in [0.2, 0.25) is 0 Å². The number of hydrogen-bond acceptors (Lipinski definition) is 4. The number of nitrogens with one attached hydrogen (secondary N) is 1. The Kier molecular flexibility index (Phi) is 5.31. The number of anilines is 2. The van der Waals surface area contributed by atoms with Crippen LogP contribution in [-0.2, 0) is 0 Å². The van der Waals surface area contributed by atoms with Crippen molar-refractivity contribution in [3.8, 4) is 0 Å². The summed E-state index contributed by atoms with van der Waals surface area (Å²) >= 11 is 0. The Morgan fingerprint density at radius 2 is 1.96 bits per heavy atom. The van der Waals surface area contributed by atoms with Crippen molar-refractivity contribution in [1.29, 1.82) is 0 Å². The number of nitrogens with zero attached hydrogens (tertiary/aromatic N) is 3. The third kappa shape index (κ3) is 3.81. The molecule has 1 fully saturated rings. The zero-order valence-electron chi connectivity index (χ0n) is 15.2. The van der Waals surface area contributed by atoms with Crippen molar-refractivity contribution in [1.82, 2.24) is 9.97 Å². The number of rotatable bonds is 4. The fourth-order valence-electron chi connectivity index (χ4n) is 3.50. The minimum Gasteiger partial charge on any atom is -0.352 e. The summed E-state index contributed by atoms with van der Waals surface area (Å²) in [6.45, 7) is 7.20. The van der Waals surface area contributed by atoms with Gasteiger partial charge in [-0.1, -0.05) is 25.1 Å². The number of hydrogen-bond donors (Lipinski definition) is 1. The molecule has 2 heterocycles. The number of carbonyl (C=O) groups is 1. The quantitative estimate of drug-likeness (QED) is 0.911. The van der Waals surface area contributed by atoms with Crippen molar-refractivity contribution in [2.45, 2.75) is 52.5 Å². The largest absolute Gasteiger partial charge is 0.352 e. The van der Waals surface area contributed by atoms with Gasteiger partial charge in [0.2, 0.25) is 0 Å². The Bertz CT molecular complexity index is 722. The Hall–Kier alpha value is -2.43. The van der Waals surface area contributed by atoms with E-state index in [2.05, 4.69) is 27.1 Å².